The molecule has 3 nitrogen and oxygen atoms in total. The van der Waals surface area contributed by atoms with E-state index in [0.717, 1.165) is 12.5 Å². The van der Waals surface area contributed by atoms with Gasteiger partial charge in [0.1, 0.15) is 0 Å². The van der Waals surface area contributed by atoms with E-state index in [1.165, 1.54) is 38.8 Å². The Kier molecular flexibility index (Phi) is 7.66. The van der Waals surface area contributed by atoms with Gasteiger partial charge in [0.25, 0.3) is 0 Å². The number of likely N-dealkylation sites (N-methyl/N-ethyl adjacent to an activating group) is 2. The molecule has 1 aliphatic rings. The standard InChI is InChI=1S/C18H39N3/c1-8-19-16-11-10-15(18(2,3)4)14-17(16)21(7)13-9-12-20(5)6/h15-17,19H,8-14H2,1-7H3. The summed E-state index contributed by atoms with van der Waals surface area (Å²) in [6, 6.07) is 1.38. The predicted molar refractivity (Wildman–Crippen MR) is 93.8 cm³/mol. The lowest BCUT2D eigenvalue weighted by Crippen LogP contribution is -2.53. The van der Waals surface area contributed by atoms with Crippen LogP contribution in [0.1, 0.15) is 53.4 Å². The summed E-state index contributed by atoms with van der Waals surface area (Å²) >= 11 is 0. The number of hydrogen-bond acceptors (Lipinski definition) is 3. The Hall–Kier alpha value is -0.120. The second-order valence-electron chi connectivity index (χ2n) is 8.24. The van der Waals surface area contributed by atoms with Crippen molar-refractivity contribution < 1.29 is 0 Å². The molecule has 0 amide bonds. The molecule has 1 rings (SSSR count). The summed E-state index contributed by atoms with van der Waals surface area (Å²) in [7, 11) is 6.66. The van der Waals surface area contributed by atoms with Crippen LogP contribution in [0.15, 0.2) is 0 Å². The molecular weight excluding hydrogens is 258 g/mol. The van der Waals surface area contributed by atoms with Crippen LogP contribution in [0.2, 0.25) is 0 Å². The Morgan fingerprint density at radius 1 is 1.05 bits per heavy atom. The summed E-state index contributed by atoms with van der Waals surface area (Å²) in [5.41, 5.74) is 0.444. The summed E-state index contributed by atoms with van der Waals surface area (Å²) < 4.78 is 0. The van der Waals surface area contributed by atoms with Gasteiger partial charge in [-0.15, -0.1) is 0 Å². The molecule has 0 saturated heterocycles. The summed E-state index contributed by atoms with van der Waals surface area (Å²) in [5, 5.41) is 3.73. The van der Waals surface area contributed by atoms with E-state index in [1.54, 1.807) is 0 Å². The van der Waals surface area contributed by atoms with Gasteiger partial charge < -0.3 is 15.1 Å². The van der Waals surface area contributed by atoms with Gasteiger partial charge >= 0.3 is 0 Å². The highest BCUT2D eigenvalue weighted by atomic mass is 15.2. The zero-order chi connectivity index (χ0) is 16.0. The van der Waals surface area contributed by atoms with Gasteiger partial charge in [-0.2, -0.15) is 0 Å². The molecular formula is C18H39N3. The molecule has 0 spiro atoms. The van der Waals surface area contributed by atoms with Crippen molar-refractivity contribution in [1.29, 1.82) is 0 Å². The highest BCUT2D eigenvalue weighted by Crippen LogP contribution is 2.39. The molecule has 21 heavy (non-hydrogen) atoms. The second kappa shape index (κ2) is 8.50. The van der Waals surface area contributed by atoms with Crippen LogP contribution in [0.4, 0.5) is 0 Å². The Morgan fingerprint density at radius 3 is 2.24 bits per heavy atom. The quantitative estimate of drug-likeness (QED) is 0.779. The van der Waals surface area contributed by atoms with Crippen molar-refractivity contribution in [2.75, 3.05) is 40.8 Å². The van der Waals surface area contributed by atoms with Gasteiger partial charge in [-0.1, -0.05) is 27.7 Å². The summed E-state index contributed by atoms with van der Waals surface area (Å²) in [5.74, 6) is 0.855. The van der Waals surface area contributed by atoms with Gasteiger partial charge in [-0.05, 0) is 77.8 Å². The van der Waals surface area contributed by atoms with E-state index in [4.69, 9.17) is 0 Å². The molecule has 1 fully saturated rings. The molecule has 0 aromatic heterocycles. The Bertz CT molecular complexity index is 283. The molecule has 0 radical (unpaired) electrons. The first kappa shape index (κ1) is 18.9. The number of rotatable bonds is 7. The van der Waals surface area contributed by atoms with Crippen LogP contribution in [0.3, 0.4) is 0 Å². The van der Waals surface area contributed by atoms with E-state index in [-0.39, 0.29) is 0 Å². The smallest absolute Gasteiger partial charge is 0.0249 e. The maximum Gasteiger partial charge on any atom is 0.0249 e. The first-order chi connectivity index (χ1) is 9.75. The molecule has 0 aromatic rings. The third kappa shape index (κ3) is 6.25. The molecule has 0 bridgehead atoms. The second-order valence-corrected chi connectivity index (χ2v) is 8.24. The summed E-state index contributed by atoms with van der Waals surface area (Å²) in [4.78, 5) is 4.91. The molecule has 0 heterocycles. The van der Waals surface area contributed by atoms with Crippen molar-refractivity contribution >= 4 is 0 Å². The van der Waals surface area contributed by atoms with Gasteiger partial charge in [-0.3, -0.25) is 0 Å². The summed E-state index contributed by atoms with van der Waals surface area (Å²) in [6.07, 6.45) is 5.32. The molecule has 3 heteroatoms. The van der Waals surface area contributed by atoms with Crippen LogP contribution >= 0.6 is 0 Å². The average Bonchev–Trinajstić information content (AvgIpc) is 2.37. The molecule has 0 aromatic carbocycles. The van der Waals surface area contributed by atoms with Crippen molar-refractivity contribution in [2.24, 2.45) is 11.3 Å². The molecule has 3 atom stereocenters. The van der Waals surface area contributed by atoms with Crippen molar-refractivity contribution in [1.82, 2.24) is 15.1 Å². The third-order valence-corrected chi connectivity index (χ3v) is 5.19. The zero-order valence-electron chi connectivity index (χ0n) is 15.6. The monoisotopic (exact) mass is 297 g/mol. The first-order valence-corrected chi connectivity index (χ1v) is 8.84. The van der Waals surface area contributed by atoms with Crippen molar-refractivity contribution in [3.8, 4) is 0 Å². The van der Waals surface area contributed by atoms with Gasteiger partial charge in [-0.25, -0.2) is 0 Å². The van der Waals surface area contributed by atoms with Crippen LogP contribution in [0, 0.1) is 11.3 Å². The van der Waals surface area contributed by atoms with E-state index in [2.05, 4.69) is 64.0 Å². The van der Waals surface area contributed by atoms with Crippen LogP contribution in [0.5, 0.6) is 0 Å². The topological polar surface area (TPSA) is 18.5 Å². The van der Waals surface area contributed by atoms with E-state index in [0.29, 0.717) is 17.5 Å². The van der Waals surface area contributed by atoms with E-state index >= 15 is 0 Å². The Labute approximate surface area is 133 Å². The van der Waals surface area contributed by atoms with E-state index in [9.17, 15) is 0 Å². The molecule has 1 aliphatic carbocycles. The van der Waals surface area contributed by atoms with E-state index < -0.39 is 0 Å². The van der Waals surface area contributed by atoms with Gasteiger partial charge in [0.2, 0.25) is 0 Å². The Balaban J connectivity index is 2.61. The zero-order valence-corrected chi connectivity index (χ0v) is 15.6. The van der Waals surface area contributed by atoms with Crippen LogP contribution < -0.4 is 5.32 Å². The Morgan fingerprint density at radius 2 is 1.71 bits per heavy atom. The first-order valence-electron chi connectivity index (χ1n) is 8.84. The number of nitrogens with one attached hydrogen (secondary N) is 1. The fourth-order valence-corrected chi connectivity index (χ4v) is 3.72. The maximum atomic E-state index is 3.73. The van der Waals surface area contributed by atoms with E-state index in [1.807, 2.05) is 0 Å². The predicted octanol–water partition coefficient (Wildman–Crippen LogP) is 3.06. The van der Waals surface area contributed by atoms with Gasteiger partial charge in [0.15, 0.2) is 0 Å². The minimum absolute atomic E-state index is 0.444. The van der Waals surface area contributed by atoms with Crippen LogP contribution in [-0.4, -0.2) is 62.7 Å². The van der Waals surface area contributed by atoms with Crippen LogP contribution in [-0.2, 0) is 0 Å². The highest BCUT2D eigenvalue weighted by Gasteiger charge is 2.37. The lowest BCUT2D eigenvalue weighted by atomic mass is 9.69. The SMILES string of the molecule is CCNC1CCC(C(C)(C)C)CC1N(C)CCCN(C)C. The minimum Gasteiger partial charge on any atom is -0.313 e. The fraction of sp³-hybridized carbons (Fsp3) is 1.00. The fourth-order valence-electron chi connectivity index (χ4n) is 3.72. The van der Waals surface area contributed by atoms with Gasteiger partial charge in [0.05, 0.1) is 0 Å². The normalized spacial score (nSPS) is 27.6. The van der Waals surface area contributed by atoms with Crippen molar-refractivity contribution in [3.63, 3.8) is 0 Å². The molecule has 3 unspecified atom stereocenters. The van der Waals surface area contributed by atoms with Crippen molar-refractivity contribution in [2.45, 2.75) is 65.5 Å². The number of nitrogens with zero attached hydrogens (tertiary/aromatic N) is 2. The summed E-state index contributed by atoms with van der Waals surface area (Å²) in [6.45, 7) is 13.0. The third-order valence-electron chi connectivity index (χ3n) is 5.19. The largest absolute Gasteiger partial charge is 0.313 e. The molecule has 126 valence electrons. The lowest BCUT2D eigenvalue weighted by Gasteiger charge is -2.45. The highest BCUT2D eigenvalue weighted by molar-refractivity contribution is 4.93. The lowest BCUT2D eigenvalue weighted by molar-refractivity contribution is 0.0713. The maximum absolute atomic E-state index is 3.73. The molecule has 0 aliphatic heterocycles. The average molecular weight is 298 g/mol. The molecule has 1 saturated carbocycles. The minimum atomic E-state index is 0.444. The molecule has 1 N–H and O–H groups in total. The van der Waals surface area contributed by atoms with Gasteiger partial charge in [0, 0.05) is 12.1 Å². The van der Waals surface area contributed by atoms with Crippen LogP contribution in [0.25, 0.3) is 0 Å². The number of hydrogen-bond donors (Lipinski definition) is 1. The van der Waals surface area contributed by atoms with Crippen molar-refractivity contribution in [3.05, 3.63) is 0 Å².